The van der Waals surface area contributed by atoms with Crippen molar-refractivity contribution in [2.24, 2.45) is 0 Å². The van der Waals surface area contributed by atoms with Crippen molar-refractivity contribution in [2.75, 3.05) is 16.6 Å². The molecule has 0 aromatic heterocycles. The van der Waals surface area contributed by atoms with E-state index < -0.39 is 48.4 Å². The summed E-state index contributed by atoms with van der Waals surface area (Å²) >= 11 is 0. The standard InChI is InChI=1S/C17H24NO9PS/c1-2-3-10-29(24,25)18-12-4-6-13(7-5-12)26-17-16(20)15(19)11-14(27-17)8-9-28(21,22)23/h1,4-7,14-20H,3,8-11H2,(H2,21,22,23)/t14-,15+,16+,17+/m1/s1. The second kappa shape index (κ2) is 9.91. The van der Waals surface area contributed by atoms with Gasteiger partial charge in [0.15, 0.2) is 0 Å². The van der Waals surface area contributed by atoms with Gasteiger partial charge in [0, 0.05) is 18.5 Å². The van der Waals surface area contributed by atoms with Crippen LogP contribution in [-0.4, -0.2) is 64.9 Å². The van der Waals surface area contributed by atoms with Gasteiger partial charge in [-0.3, -0.25) is 9.29 Å². The van der Waals surface area contributed by atoms with E-state index in [9.17, 15) is 23.2 Å². The van der Waals surface area contributed by atoms with Gasteiger partial charge < -0.3 is 29.5 Å². The number of hydrogen-bond acceptors (Lipinski definition) is 7. The number of anilines is 1. The van der Waals surface area contributed by atoms with Gasteiger partial charge in [-0.25, -0.2) is 8.42 Å². The molecule has 1 aliphatic heterocycles. The van der Waals surface area contributed by atoms with Crippen LogP contribution in [0.25, 0.3) is 0 Å². The number of aliphatic hydroxyl groups is 2. The first kappa shape index (κ1) is 23.6. The normalized spacial score (nSPS) is 25.2. The Morgan fingerprint density at radius 2 is 1.93 bits per heavy atom. The largest absolute Gasteiger partial charge is 0.462 e. The van der Waals surface area contributed by atoms with Gasteiger partial charge >= 0.3 is 7.60 Å². The summed E-state index contributed by atoms with van der Waals surface area (Å²) in [6, 6.07) is 5.78. The average Bonchev–Trinajstić information content (AvgIpc) is 2.63. The Morgan fingerprint density at radius 3 is 2.52 bits per heavy atom. The maximum atomic E-state index is 11.8. The fraction of sp³-hybridized carbons (Fsp3) is 0.529. The highest BCUT2D eigenvalue weighted by Crippen LogP contribution is 2.37. The molecule has 1 saturated heterocycles. The monoisotopic (exact) mass is 449 g/mol. The summed E-state index contributed by atoms with van der Waals surface area (Å²) in [6.07, 6.45) is 0.241. The van der Waals surface area contributed by atoms with E-state index in [1.54, 1.807) is 0 Å². The average molecular weight is 449 g/mol. The molecule has 10 nitrogen and oxygen atoms in total. The Morgan fingerprint density at radius 1 is 1.28 bits per heavy atom. The molecule has 0 radical (unpaired) electrons. The van der Waals surface area contributed by atoms with E-state index in [0.717, 1.165) is 0 Å². The molecule has 0 amide bonds. The Labute approximate surface area is 169 Å². The minimum Gasteiger partial charge on any atom is -0.462 e. The molecule has 4 atom stereocenters. The minimum absolute atomic E-state index is 0.00765. The van der Waals surface area contributed by atoms with Crippen LogP contribution in [0.15, 0.2) is 24.3 Å². The second-order valence-corrected chi connectivity index (χ2v) is 10.2. The van der Waals surface area contributed by atoms with Crippen LogP contribution in [0, 0.1) is 12.3 Å². The fourth-order valence-electron chi connectivity index (χ4n) is 2.67. The van der Waals surface area contributed by atoms with Crippen molar-refractivity contribution >= 4 is 23.3 Å². The number of nitrogens with one attached hydrogen (secondary N) is 1. The van der Waals surface area contributed by atoms with Crippen molar-refractivity contribution in [2.45, 2.75) is 43.9 Å². The smallest absolute Gasteiger partial charge is 0.325 e. The maximum absolute atomic E-state index is 11.8. The third-order valence-corrected chi connectivity index (χ3v) is 6.27. The number of benzene rings is 1. The fourth-order valence-corrected chi connectivity index (χ4v) is 4.28. The van der Waals surface area contributed by atoms with E-state index in [0.29, 0.717) is 5.69 Å². The molecule has 0 saturated carbocycles. The second-order valence-electron chi connectivity index (χ2n) is 6.61. The molecular weight excluding hydrogens is 425 g/mol. The van der Waals surface area contributed by atoms with Crippen LogP contribution in [0.2, 0.25) is 0 Å². The van der Waals surface area contributed by atoms with E-state index in [4.69, 9.17) is 25.7 Å². The minimum atomic E-state index is -4.22. The molecule has 1 aromatic rings. The van der Waals surface area contributed by atoms with Crippen LogP contribution in [0.3, 0.4) is 0 Å². The molecule has 0 unspecified atom stereocenters. The van der Waals surface area contributed by atoms with Crippen molar-refractivity contribution in [1.29, 1.82) is 0 Å². The van der Waals surface area contributed by atoms with Crippen molar-refractivity contribution in [3.8, 4) is 18.1 Å². The van der Waals surface area contributed by atoms with Gasteiger partial charge in [0.25, 0.3) is 0 Å². The molecule has 0 bridgehead atoms. The summed E-state index contributed by atoms with van der Waals surface area (Å²) in [4.78, 5) is 18.0. The number of hydrogen-bond donors (Lipinski definition) is 5. The first-order valence-corrected chi connectivity index (χ1v) is 12.2. The van der Waals surface area contributed by atoms with E-state index in [1.807, 2.05) is 0 Å². The third-order valence-electron chi connectivity index (χ3n) is 4.14. The summed E-state index contributed by atoms with van der Waals surface area (Å²) in [6.45, 7) is 0. The predicted octanol–water partition coefficient (Wildman–Crippen LogP) is 0.235. The first-order chi connectivity index (χ1) is 13.5. The molecule has 1 aliphatic rings. The van der Waals surface area contributed by atoms with Crippen molar-refractivity contribution in [3.63, 3.8) is 0 Å². The Kier molecular flexibility index (Phi) is 8.08. The number of terminal acetylenes is 1. The van der Waals surface area contributed by atoms with Crippen molar-refractivity contribution in [3.05, 3.63) is 24.3 Å². The van der Waals surface area contributed by atoms with Gasteiger partial charge in [-0.05, 0) is 30.7 Å². The van der Waals surface area contributed by atoms with E-state index in [-0.39, 0.29) is 30.8 Å². The Hall–Kier alpha value is -1.64. The van der Waals surface area contributed by atoms with E-state index >= 15 is 0 Å². The number of sulfonamides is 1. The van der Waals surface area contributed by atoms with Gasteiger partial charge in [-0.1, -0.05) is 0 Å². The number of ether oxygens (including phenoxy) is 2. The van der Waals surface area contributed by atoms with Gasteiger partial charge in [0.1, 0.15) is 11.9 Å². The lowest BCUT2D eigenvalue weighted by Gasteiger charge is -2.37. The summed E-state index contributed by atoms with van der Waals surface area (Å²) in [5.74, 6) is 2.28. The van der Waals surface area contributed by atoms with Gasteiger partial charge in [-0.15, -0.1) is 12.3 Å². The molecule has 29 heavy (non-hydrogen) atoms. The molecule has 162 valence electrons. The van der Waals surface area contributed by atoms with E-state index in [1.165, 1.54) is 24.3 Å². The lowest BCUT2D eigenvalue weighted by molar-refractivity contribution is -0.235. The molecule has 1 fully saturated rings. The Balaban J connectivity index is 1.98. The Bertz CT molecular complexity index is 862. The van der Waals surface area contributed by atoms with Crippen LogP contribution in [0.1, 0.15) is 19.3 Å². The van der Waals surface area contributed by atoms with Crippen molar-refractivity contribution < 1.29 is 42.5 Å². The third kappa shape index (κ3) is 7.95. The SMILES string of the molecule is C#CCCS(=O)(=O)Nc1ccc(O[C@H]2O[C@H](CCP(=O)(O)O)C[C@H](O)[C@@H]2O)cc1. The topological polar surface area (TPSA) is 163 Å². The van der Waals surface area contributed by atoms with Crippen LogP contribution < -0.4 is 9.46 Å². The quantitative estimate of drug-likeness (QED) is 0.262. The van der Waals surface area contributed by atoms with Gasteiger partial charge in [0.2, 0.25) is 16.3 Å². The van der Waals surface area contributed by atoms with Crippen LogP contribution in [0.4, 0.5) is 5.69 Å². The molecule has 0 aliphatic carbocycles. The predicted molar refractivity (Wildman–Crippen MR) is 105 cm³/mol. The van der Waals surface area contributed by atoms with Crippen molar-refractivity contribution in [1.82, 2.24) is 0 Å². The highest BCUT2D eigenvalue weighted by atomic mass is 32.2. The van der Waals surface area contributed by atoms with E-state index in [2.05, 4.69) is 10.6 Å². The van der Waals surface area contributed by atoms with Crippen LogP contribution in [0.5, 0.6) is 5.75 Å². The number of rotatable bonds is 9. The highest BCUT2D eigenvalue weighted by Gasteiger charge is 2.38. The highest BCUT2D eigenvalue weighted by molar-refractivity contribution is 7.92. The molecule has 1 heterocycles. The summed E-state index contributed by atoms with van der Waals surface area (Å²) in [7, 11) is -7.79. The summed E-state index contributed by atoms with van der Waals surface area (Å²) in [5, 5.41) is 20.0. The molecule has 1 aromatic carbocycles. The molecule has 12 heteroatoms. The zero-order valence-corrected chi connectivity index (χ0v) is 17.1. The maximum Gasteiger partial charge on any atom is 0.325 e. The first-order valence-electron chi connectivity index (χ1n) is 8.76. The zero-order chi connectivity index (χ0) is 21.7. The molecule has 5 N–H and O–H groups in total. The summed E-state index contributed by atoms with van der Waals surface area (Å²) in [5.41, 5.74) is 0.291. The number of aliphatic hydroxyl groups excluding tert-OH is 2. The van der Waals surface area contributed by atoms with Gasteiger partial charge in [0.05, 0.1) is 24.1 Å². The van der Waals surface area contributed by atoms with Crippen LogP contribution in [-0.2, 0) is 19.3 Å². The molecule has 0 spiro atoms. The van der Waals surface area contributed by atoms with Gasteiger partial charge in [-0.2, -0.15) is 0 Å². The zero-order valence-electron chi connectivity index (χ0n) is 15.4. The lowest BCUT2D eigenvalue weighted by atomic mass is 10.0. The lowest BCUT2D eigenvalue weighted by Crippen LogP contribution is -2.51. The summed E-state index contributed by atoms with van der Waals surface area (Å²) < 4.78 is 48.1. The molecule has 2 rings (SSSR count). The molecular formula is C17H24NO9PS. The van der Waals surface area contributed by atoms with Crippen LogP contribution >= 0.6 is 7.60 Å².